The fraction of sp³-hybridized carbons (Fsp3) is 0.486. The number of fused-ring (bicyclic) bond motifs is 6. The predicted octanol–water partition coefficient (Wildman–Crippen LogP) is 6.05. The molecule has 3 aromatic heterocycles. The number of aromatic nitrogens is 5. The highest BCUT2D eigenvalue weighted by molar-refractivity contribution is 7.92. The Morgan fingerprint density at radius 2 is 1.71 bits per heavy atom. The van der Waals surface area contributed by atoms with Crippen LogP contribution in [-0.2, 0) is 31.3 Å². The van der Waals surface area contributed by atoms with Crippen LogP contribution in [-0.4, -0.2) is 78.6 Å². The number of aryl methyl sites for hydroxylation is 1. The summed E-state index contributed by atoms with van der Waals surface area (Å²) in [4.78, 5) is 28.8. The zero-order valence-electron chi connectivity index (χ0n) is 31.5. The van der Waals surface area contributed by atoms with Crippen molar-refractivity contribution in [3.05, 3.63) is 66.5 Å². The minimum atomic E-state index is -4.49. The van der Waals surface area contributed by atoms with Crippen LogP contribution in [0, 0.1) is 10.8 Å². The van der Waals surface area contributed by atoms with Crippen LogP contribution in [0.1, 0.15) is 71.8 Å². The van der Waals surface area contributed by atoms with Crippen molar-refractivity contribution < 1.29 is 39.5 Å². The van der Waals surface area contributed by atoms with Crippen LogP contribution in [0.3, 0.4) is 0 Å². The molecular formula is C37H45F3N8O6S2. The van der Waals surface area contributed by atoms with Gasteiger partial charge in [-0.05, 0) is 77.5 Å². The zero-order chi connectivity index (χ0) is 40.5. The molecule has 0 radical (unpaired) electrons. The molecule has 1 aromatic carbocycles. The lowest BCUT2D eigenvalue weighted by Gasteiger charge is -2.32. The van der Waals surface area contributed by atoms with Crippen molar-refractivity contribution in [2.45, 2.75) is 89.1 Å². The van der Waals surface area contributed by atoms with E-state index >= 15 is 0 Å². The molecule has 4 heterocycles. The van der Waals surface area contributed by atoms with E-state index in [0.29, 0.717) is 37.8 Å². The zero-order valence-corrected chi connectivity index (χ0v) is 33.1. The standard InChI is InChI=1S/C37H45F3N8O6S2/c1-35(2,34(49)46-55(50,51)26-17-18-26)23-47-20-10-6-5-7-12-25-13-8-9-14-27(25)32-33(48-21-19-30(44-48)54-24-36(3,4)37(38,39)40)41-22-28(42-32)45-56(52,53)31-16-11-15-29(47)43-31/h8-9,11,13-16,19,21-22,26H,5-7,10,12,17-18,20,23-24H2,1-4H3,(H,42,45)(H,46,49). The van der Waals surface area contributed by atoms with Crippen molar-refractivity contribution in [3.63, 3.8) is 0 Å². The summed E-state index contributed by atoms with van der Waals surface area (Å²) in [6, 6.07) is 13.4. The second kappa shape index (κ2) is 15.6. The molecular weight excluding hydrogens is 774 g/mol. The maximum atomic E-state index is 13.9. The smallest absolute Gasteiger partial charge is 0.397 e. The van der Waals surface area contributed by atoms with Gasteiger partial charge in [0.05, 0.1) is 22.3 Å². The Kier molecular flexibility index (Phi) is 11.4. The highest BCUT2D eigenvalue weighted by atomic mass is 32.2. The molecule has 0 atom stereocenters. The predicted molar refractivity (Wildman–Crippen MR) is 203 cm³/mol. The van der Waals surface area contributed by atoms with Crippen LogP contribution in [0.15, 0.2) is 66.0 Å². The van der Waals surface area contributed by atoms with E-state index in [9.17, 15) is 34.8 Å². The van der Waals surface area contributed by atoms with Gasteiger partial charge in [-0.2, -0.15) is 21.6 Å². The second-order valence-electron chi connectivity index (χ2n) is 15.4. The van der Waals surface area contributed by atoms with Crippen LogP contribution >= 0.6 is 0 Å². The maximum absolute atomic E-state index is 13.9. The highest BCUT2D eigenvalue weighted by Crippen LogP contribution is 2.38. The number of ether oxygens (including phenoxy) is 1. The molecule has 2 N–H and O–H groups in total. The number of sulfonamides is 2. The monoisotopic (exact) mass is 818 g/mol. The summed E-state index contributed by atoms with van der Waals surface area (Å²) in [6.45, 7) is 5.16. The van der Waals surface area contributed by atoms with Gasteiger partial charge in [-0.25, -0.2) is 28.1 Å². The molecule has 6 rings (SSSR count). The van der Waals surface area contributed by atoms with E-state index in [0.717, 1.165) is 38.7 Å². The molecule has 0 saturated heterocycles. The molecule has 1 aliphatic heterocycles. The Hall–Kier alpha value is -4.78. The second-order valence-corrected chi connectivity index (χ2v) is 19.0. The number of nitrogens with zero attached hydrogens (tertiary/aromatic N) is 6. The molecule has 14 nitrogen and oxygen atoms in total. The molecule has 56 heavy (non-hydrogen) atoms. The molecule has 4 aromatic rings. The van der Waals surface area contributed by atoms with Gasteiger partial charge in [-0.15, -0.1) is 5.10 Å². The van der Waals surface area contributed by atoms with Crippen molar-refractivity contribution in [2.75, 3.05) is 29.3 Å². The van der Waals surface area contributed by atoms with Gasteiger partial charge in [-0.3, -0.25) is 14.2 Å². The molecule has 1 fully saturated rings. The first kappa shape index (κ1) is 40.9. The van der Waals surface area contributed by atoms with Crippen LogP contribution in [0.2, 0.25) is 0 Å². The van der Waals surface area contributed by atoms with Crippen LogP contribution in [0.5, 0.6) is 5.88 Å². The minimum absolute atomic E-state index is 0.0624. The number of pyridine rings is 1. The van der Waals surface area contributed by atoms with Crippen molar-refractivity contribution in [2.24, 2.45) is 10.8 Å². The third-order valence-corrected chi connectivity index (χ3v) is 12.8. The number of carbonyl (C=O) groups excluding carboxylic acids is 1. The molecule has 4 bridgehead atoms. The quantitative estimate of drug-likeness (QED) is 0.201. The molecule has 0 spiro atoms. The molecule has 0 unspecified atom stereocenters. The molecule has 1 aliphatic carbocycles. The van der Waals surface area contributed by atoms with Gasteiger partial charge in [0.2, 0.25) is 21.8 Å². The highest BCUT2D eigenvalue weighted by Gasteiger charge is 2.48. The SMILES string of the molecule is CC(C)(CN1CCCCCCc2ccccc2-c2nc(cnc2-n2ccc(OCC(C)(C)C(F)(F)F)n2)NS(=O)(=O)c2cccc1n2)C(=O)NS(=O)(=O)C1CC1. The van der Waals surface area contributed by atoms with Crippen molar-refractivity contribution >= 4 is 37.6 Å². The number of nitrogens with one attached hydrogen (secondary N) is 2. The number of hydrogen-bond acceptors (Lipinski definition) is 11. The molecule has 1 saturated carbocycles. The molecule has 302 valence electrons. The summed E-state index contributed by atoms with van der Waals surface area (Å²) in [5.74, 6) is -0.370. The Morgan fingerprint density at radius 3 is 2.45 bits per heavy atom. The fourth-order valence-corrected chi connectivity index (χ4v) is 8.44. The summed E-state index contributed by atoms with van der Waals surface area (Å²) >= 11 is 0. The van der Waals surface area contributed by atoms with E-state index in [4.69, 9.17) is 9.72 Å². The Bertz CT molecular complexity index is 2290. The first-order valence-corrected chi connectivity index (χ1v) is 21.3. The van der Waals surface area contributed by atoms with Gasteiger partial charge in [0.1, 0.15) is 18.1 Å². The summed E-state index contributed by atoms with van der Waals surface area (Å²) in [5, 5.41) is 3.43. The van der Waals surface area contributed by atoms with E-state index < -0.39 is 54.8 Å². The van der Waals surface area contributed by atoms with E-state index in [2.05, 4.69) is 24.5 Å². The number of amides is 1. The summed E-state index contributed by atoms with van der Waals surface area (Å²) in [5.41, 5.74) is -1.47. The summed E-state index contributed by atoms with van der Waals surface area (Å²) in [7, 11) is -8.15. The molecule has 1 amide bonds. The third kappa shape index (κ3) is 9.42. The van der Waals surface area contributed by atoms with Crippen molar-refractivity contribution in [3.8, 4) is 23.0 Å². The van der Waals surface area contributed by atoms with Gasteiger partial charge in [-0.1, -0.05) is 43.2 Å². The van der Waals surface area contributed by atoms with Crippen LogP contribution in [0.4, 0.5) is 24.8 Å². The van der Waals surface area contributed by atoms with Crippen LogP contribution < -0.4 is 19.1 Å². The Morgan fingerprint density at radius 1 is 0.982 bits per heavy atom. The van der Waals surface area contributed by atoms with Gasteiger partial charge in [0.15, 0.2) is 16.7 Å². The number of carbonyl (C=O) groups is 1. The van der Waals surface area contributed by atoms with Crippen molar-refractivity contribution in [1.82, 2.24) is 29.5 Å². The molecule has 2 aliphatic rings. The van der Waals surface area contributed by atoms with Gasteiger partial charge in [0.25, 0.3) is 10.0 Å². The first-order chi connectivity index (χ1) is 26.3. The number of alkyl halides is 3. The van der Waals surface area contributed by atoms with E-state index in [1.54, 1.807) is 24.8 Å². The third-order valence-electron chi connectivity index (χ3n) is 9.73. The Balaban J connectivity index is 1.33. The molecule has 19 heteroatoms. The van der Waals surface area contributed by atoms with E-state index in [-0.39, 0.29) is 40.6 Å². The lowest BCUT2D eigenvalue weighted by atomic mass is 9.91. The number of hydrogen-bond donors (Lipinski definition) is 2. The average Bonchev–Trinajstić information content (AvgIpc) is 3.90. The lowest BCUT2D eigenvalue weighted by Crippen LogP contribution is -2.48. The topological polar surface area (TPSA) is 178 Å². The lowest BCUT2D eigenvalue weighted by molar-refractivity contribution is -0.219. The summed E-state index contributed by atoms with van der Waals surface area (Å²) in [6.07, 6.45) is 2.94. The maximum Gasteiger partial charge on any atom is 0.397 e. The average molecular weight is 819 g/mol. The number of halogens is 3. The fourth-order valence-electron chi connectivity index (χ4n) is 6.03. The van der Waals surface area contributed by atoms with E-state index in [1.807, 2.05) is 24.3 Å². The number of rotatable bonds is 9. The van der Waals surface area contributed by atoms with E-state index in [1.165, 1.54) is 35.3 Å². The summed E-state index contributed by atoms with van der Waals surface area (Å²) < 4.78 is 105. The normalized spacial score (nSPS) is 16.9. The minimum Gasteiger partial charge on any atom is -0.476 e. The van der Waals surface area contributed by atoms with Crippen LogP contribution in [0.25, 0.3) is 17.1 Å². The largest absolute Gasteiger partial charge is 0.476 e. The van der Waals surface area contributed by atoms with Gasteiger partial charge < -0.3 is 9.64 Å². The number of benzene rings is 1. The Labute approximate surface area is 324 Å². The number of anilines is 2. The van der Waals surface area contributed by atoms with Gasteiger partial charge in [0, 0.05) is 30.9 Å². The van der Waals surface area contributed by atoms with Gasteiger partial charge >= 0.3 is 6.18 Å². The van der Waals surface area contributed by atoms with Crippen molar-refractivity contribution in [1.29, 1.82) is 0 Å². The first-order valence-electron chi connectivity index (χ1n) is 18.3.